The fourth-order valence-corrected chi connectivity index (χ4v) is 2.62. The van der Waals surface area contributed by atoms with Gasteiger partial charge in [0.15, 0.2) is 5.96 Å². The third kappa shape index (κ3) is 5.13. The average molecular weight is 401 g/mol. The maximum Gasteiger partial charge on any atom is 0.213 e. The Kier molecular flexibility index (Phi) is 6.04. The molecule has 0 unspecified atom stereocenters. The molecule has 0 fully saturated rings. The Bertz CT molecular complexity index is 936. The zero-order valence-corrected chi connectivity index (χ0v) is 17.3. The predicted molar refractivity (Wildman–Crippen MR) is 111 cm³/mol. The number of benzene rings is 1. The second-order valence-corrected chi connectivity index (χ2v) is 7.85. The van der Waals surface area contributed by atoms with E-state index in [0.29, 0.717) is 30.0 Å². The molecular weight excluding hydrogens is 376 g/mol. The van der Waals surface area contributed by atoms with Crippen molar-refractivity contribution >= 4 is 17.6 Å². The van der Waals surface area contributed by atoms with E-state index >= 15 is 0 Å². The summed E-state index contributed by atoms with van der Waals surface area (Å²) in [6, 6.07) is 7.54. The summed E-state index contributed by atoms with van der Waals surface area (Å²) in [6.07, 6.45) is 5.56. The minimum atomic E-state index is -0.0601. The van der Waals surface area contributed by atoms with Crippen LogP contribution in [0.5, 0.6) is 0 Å². The minimum Gasteiger partial charge on any atom is -0.443 e. The van der Waals surface area contributed by atoms with Crippen molar-refractivity contribution in [3.05, 3.63) is 65.1 Å². The molecule has 3 rings (SSSR count). The van der Waals surface area contributed by atoms with Crippen molar-refractivity contribution in [2.45, 2.75) is 39.3 Å². The fraction of sp³-hybridized carbons (Fsp3) is 0.350. The molecule has 0 saturated carbocycles. The number of nitrogens with zero attached hydrogens (tertiary/aromatic N) is 4. The van der Waals surface area contributed by atoms with Crippen LogP contribution in [-0.4, -0.2) is 27.8 Å². The zero-order chi connectivity index (χ0) is 20.1. The Morgan fingerprint density at radius 3 is 2.50 bits per heavy atom. The molecule has 0 atom stereocenters. The third-order valence-electron chi connectivity index (χ3n) is 4.11. The van der Waals surface area contributed by atoms with E-state index in [2.05, 4.69) is 46.5 Å². The van der Waals surface area contributed by atoms with Crippen LogP contribution in [0.2, 0.25) is 5.02 Å². The van der Waals surface area contributed by atoms with Crippen molar-refractivity contribution in [1.29, 1.82) is 0 Å². The molecule has 0 aliphatic rings. The molecule has 148 valence electrons. The van der Waals surface area contributed by atoms with E-state index in [9.17, 15) is 0 Å². The molecule has 28 heavy (non-hydrogen) atoms. The molecule has 1 aromatic carbocycles. The summed E-state index contributed by atoms with van der Waals surface area (Å²) in [7, 11) is 1.72. The Labute approximate surface area is 169 Å². The number of guanidine groups is 1. The van der Waals surface area contributed by atoms with E-state index in [1.54, 1.807) is 13.2 Å². The van der Waals surface area contributed by atoms with Gasteiger partial charge in [-0.15, -0.1) is 0 Å². The highest BCUT2D eigenvalue weighted by Gasteiger charge is 2.19. The normalized spacial score (nSPS) is 12.2. The maximum atomic E-state index is 5.93. The van der Waals surface area contributed by atoms with Crippen molar-refractivity contribution in [1.82, 2.24) is 25.4 Å². The highest BCUT2D eigenvalue weighted by molar-refractivity contribution is 6.30. The molecule has 2 aromatic heterocycles. The van der Waals surface area contributed by atoms with Gasteiger partial charge < -0.3 is 15.1 Å². The van der Waals surface area contributed by atoms with E-state index in [-0.39, 0.29) is 5.41 Å². The van der Waals surface area contributed by atoms with Gasteiger partial charge in [0, 0.05) is 35.8 Å². The molecule has 0 radical (unpaired) electrons. The third-order valence-corrected chi connectivity index (χ3v) is 4.36. The van der Waals surface area contributed by atoms with Gasteiger partial charge in [-0.2, -0.15) is 5.10 Å². The van der Waals surface area contributed by atoms with Gasteiger partial charge in [0.25, 0.3) is 0 Å². The number of hydrogen-bond donors (Lipinski definition) is 2. The first-order valence-electron chi connectivity index (χ1n) is 9.04. The minimum absolute atomic E-state index is 0.0601. The van der Waals surface area contributed by atoms with E-state index in [4.69, 9.17) is 16.0 Å². The first-order chi connectivity index (χ1) is 13.3. The van der Waals surface area contributed by atoms with Crippen molar-refractivity contribution in [3.8, 4) is 5.69 Å². The van der Waals surface area contributed by atoms with Gasteiger partial charge in [-0.1, -0.05) is 32.4 Å². The molecule has 0 amide bonds. The zero-order valence-electron chi connectivity index (χ0n) is 16.5. The number of rotatable bonds is 5. The van der Waals surface area contributed by atoms with Gasteiger partial charge in [-0.05, 0) is 24.3 Å². The number of oxazole rings is 1. The molecule has 2 heterocycles. The summed E-state index contributed by atoms with van der Waals surface area (Å²) in [4.78, 5) is 8.55. The van der Waals surface area contributed by atoms with Gasteiger partial charge in [-0.25, -0.2) is 9.67 Å². The molecule has 0 aliphatic carbocycles. The number of nitrogens with one attached hydrogen (secondary N) is 2. The van der Waals surface area contributed by atoms with Crippen LogP contribution in [0.4, 0.5) is 0 Å². The summed E-state index contributed by atoms with van der Waals surface area (Å²) >= 11 is 5.93. The smallest absolute Gasteiger partial charge is 0.213 e. The number of halogens is 1. The van der Waals surface area contributed by atoms with Crippen molar-refractivity contribution in [3.63, 3.8) is 0 Å². The molecular formula is C20H25ClN6O. The Morgan fingerprint density at radius 1 is 1.14 bits per heavy atom. The maximum absolute atomic E-state index is 5.93. The van der Waals surface area contributed by atoms with E-state index in [1.807, 2.05) is 41.3 Å². The van der Waals surface area contributed by atoms with Crippen LogP contribution in [0.25, 0.3) is 5.69 Å². The first kappa shape index (κ1) is 19.9. The van der Waals surface area contributed by atoms with Crippen LogP contribution in [0.1, 0.15) is 38.0 Å². The lowest BCUT2D eigenvalue weighted by molar-refractivity contribution is 0.379. The second kappa shape index (κ2) is 8.48. The molecule has 3 aromatic rings. The second-order valence-electron chi connectivity index (χ2n) is 7.42. The number of aliphatic imine (C=N–C) groups is 1. The average Bonchev–Trinajstić information content (AvgIpc) is 3.32. The predicted octanol–water partition coefficient (Wildman–Crippen LogP) is 3.68. The summed E-state index contributed by atoms with van der Waals surface area (Å²) < 4.78 is 7.60. The van der Waals surface area contributed by atoms with E-state index in [0.717, 1.165) is 17.0 Å². The van der Waals surface area contributed by atoms with Gasteiger partial charge >= 0.3 is 0 Å². The molecule has 8 heteroatoms. The Morgan fingerprint density at radius 2 is 1.86 bits per heavy atom. The molecule has 2 N–H and O–H groups in total. The molecule has 0 saturated heterocycles. The number of aromatic nitrogens is 3. The molecule has 0 spiro atoms. The summed E-state index contributed by atoms with van der Waals surface area (Å²) in [5.41, 5.74) is 1.93. The Hall–Kier alpha value is -2.80. The van der Waals surface area contributed by atoms with Crippen LogP contribution < -0.4 is 10.6 Å². The van der Waals surface area contributed by atoms with Gasteiger partial charge in [0.2, 0.25) is 5.89 Å². The lowest BCUT2D eigenvalue weighted by Crippen LogP contribution is -2.36. The summed E-state index contributed by atoms with van der Waals surface area (Å²) in [5, 5.41) is 11.6. The largest absolute Gasteiger partial charge is 0.443 e. The summed E-state index contributed by atoms with van der Waals surface area (Å²) in [6.45, 7) is 7.33. The van der Waals surface area contributed by atoms with Gasteiger partial charge in [0.1, 0.15) is 5.76 Å². The van der Waals surface area contributed by atoms with Crippen LogP contribution in [0.15, 0.2) is 52.3 Å². The van der Waals surface area contributed by atoms with Crippen molar-refractivity contribution in [2.75, 3.05) is 7.05 Å². The van der Waals surface area contributed by atoms with Gasteiger partial charge in [0.05, 0.1) is 24.6 Å². The number of hydrogen-bond acceptors (Lipinski definition) is 4. The van der Waals surface area contributed by atoms with Crippen molar-refractivity contribution < 1.29 is 4.42 Å². The fourth-order valence-electron chi connectivity index (χ4n) is 2.49. The first-order valence-corrected chi connectivity index (χ1v) is 9.42. The highest BCUT2D eigenvalue weighted by atomic mass is 35.5. The lowest BCUT2D eigenvalue weighted by atomic mass is 9.94. The highest BCUT2D eigenvalue weighted by Crippen LogP contribution is 2.22. The molecule has 7 nitrogen and oxygen atoms in total. The SMILES string of the molecule is CN=C(NCc1cnn(-c2ccc(Cl)cc2)c1)NCc1ncc(C(C)(C)C)o1. The standard InChI is InChI=1S/C20H25ClN6O/c1-20(2,3)17-11-23-18(28-17)12-25-19(22-4)24-9-14-10-26-27(13-14)16-7-5-15(21)6-8-16/h5-8,10-11,13H,9,12H2,1-4H3,(H2,22,24,25). The quantitative estimate of drug-likeness (QED) is 0.504. The van der Waals surface area contributed by atoms with Crippen LogP contribution in [-0.2, 0) is 18.5 Å². The molecule has 0 bridgehead atoms. The molecule has 0 aliphatic heterocycles. The Balaban J connectivity index is 1.53. The van der Waals surface area contributed by atoms with E-state index in [1.165, 1.54) is 0 Å². The van der Waals surface area contributed by atoms with Crippen LogP contribution >= 0.6 is 11.6 Å². The van der Waals surface area contributed by atoms with Crippen molar-refractivity contribution in [2.24, 2.45) is 4.99 Å². The summed E-state index contributed by atoms with van der Waals surface area (Å²) in [5.74, 6) is 2.15. The lowest BCUT2D eigenvalue weighted by Gasteiger charge is -2.13. The van der Waals surface area contributed by atoms with Crippen LogP contribution in [0.3, 0.4) is 0 Å². The monoisotopic (exact) mass is 400 g/mol. The topological polar surface area (TPSA) is 80.3 Å². The van der Waals surface area contributed by atoms with Gasteiger partial charge in [-0.3, -0.25) is 4.99 Å². The van der Waals surface area contributed by atoms with Crippen LogP contribution in [0, 0.1) is 0 Å². The van der Waals surface area contributed by atoms with E-state index < -0.39 is 0 Å².